The van der Waals surface area contributed by atoms with Gasteiger partial charge >= 0.3 is 6.18 Å². The zero-order chi connectivity index (χ0) is 14.8. The third-order valence-electron chi connectivity index (χ3n) is 3.73. The van der Waals surface area contributed by atoms with Crippen molar-refractivity contribution in [2.75, 3.05) is 0 Å². The zero-order valence-electron chi connectivity index (χ0n) is 11.6. The molecule has 106 valence electrons. The highest BCUT2D eigenvalue weighted by atomic mass is 19.4. The average Bonchev–Trinajstić information content (AvgIpc) is 2.40. The van der Waals surface area contributed by atoms with Gasteiger partial charge in [-0.05, 0) is 55.0 Å². The summed E-state index contributed by atoms with van der Waals surface area (Å²) in [5.74, 6) is 0. The van der Waals surface area contributed by atoms with Crippen LogP contribution in [0.3, 0.4) is 0 Å². The summed E-state index contributed by atoms with van der Waals surface area (Å²) in [5.41, 5.74) is 2.74. The molecule has 0 unspecified atom stereocenters. The molecule has 0 saturated heterocycles. The molecule has 2 aromatic carbocycles. The van der Waals surface area contributed by atoms with E-state index < -0.39 is 11.7 Å². The van der Waals surface area contributed by atoms with Gasteiger partial charge < -0.3 is 0 Å². The Balaban J connectivity index is 2.20. The normalized spacial score (nSPS) is 11.7. The van der Waals surface area contributed by atoms with Crippen molar-refractivity contribution in [3.8, 4) is 0 Å². The van der Waals surface area contributed by atoms with Crippen LogP contribution in [0.2, 0.25) is 0 Å². The molecule has 0 aliphatic rings. The molecule has 0 amide bonds. The van der Waals surface area contributed by atoms with Crippen LogP contribution in [-0.4, -0.2) is 0 Å². The molecule has 0 bridgehead atoms. The van der Waals surface area contributed by atoms with E-state index >= 15 is 0 Å². The van der Waals surface area contributed by atoms with E-state index in [1.807, 2.05) is 30.3 Å². The number of halogens is 3. The maximum Gasteiger partial charge on any atom is 0.416 e. The first-order valence-electron chi connectivity index (χ1n) is 6.60. The predicted molar refractivity (Wildman–Crippen MR) is 74.8 cm³/mol. The van der Waals surface area contributed by atoms with Crippen molar-refractivity contribution in [2.45, 2.75) is 32.9 Å². The maximum absolute atomic E-state index is 12.8. The Morgan fingerprint density at radius 3 is 2.05 bits per heavy atom. The Morgan fingerprint density at radius 1 is 0.800 bits per heavy atom. The van der Waals surface area contributed by atoms with Gasteiger partial charge in [0.05, 0.1) is 5.56 Å². The topological polar surface area (TPSA) is 0 Å². The Morgan fingerprint density at radius 2 is 1.45 bits per heavy atom. The molecule has 0 spiro atoms. The van der Waals surface area contributed by atoms with Crippen LogP contribution in [0.15, 0.2) is 42.5 Å². The molecule has 0 fully saturated rings. The quantitative estimate of drug-likeness (QED) is 0.732. The molecule has 20 heavy (non-hydrogen) atoms. The number of hydrogen-bond donors (Lipinski definition) is 0. The van der Waals surface area contributed by atoms with Gasteiger partial charge in [-0.15, -0.1) is 0 Å². The lowest BCUT2D eigenvalue weighted by Gasteiger charge is -2.15. The molecule has 0 aliphatic carbocycles. The van der Waals surface area contributed by atoms with Crippen molar-refractivity contribution in [3.05, 3.63) is 70.3 Å². The molecule has 0 N–H and O–H groups in total. The summed E-state index contributed by atoms with van der Waals surface area (Å²) in [4.78, 5) is 0. The molecular formula is C17H17F3. The van der Waals surface area contributed by atoms with Gasteiger partial charge in [-0.3, -0.25) is 0 Å². The van der Waals surface area contributed by atoms with E-state index in [4.69, 9.17) is 0 Å². The SMILES string of the molecule is Cc1c(CCc2ccccc2)ccc(C(F)(F)F)c1C. The summed E-state index contributed by atoms with van der Waals surface area (Å²) >= 11 is 0. The van der Waals surface area contributed by atoms with Crippen molar-refractivity contribution >= 4 is 0 Å². The highest BCUT2D eigenvalue weighted by Crippen LogP contribution is 2.34. The van der Waals surface area contributed by atoms with E-state index in [1.54, 1.807) is 19.9 Å². The minimum Gasteiger partial charge on any atom is -0.166 e. The second kappa shape index (κ2) is 5.70. The van der Waals surface area contributed by atoms with Crippen LogP contribution in [0.5, 0.6) is 0 Å². The number of aryl methyl sites for hydroxylation is 2. The van der Waals surface area contributed by atoms with Gasteiger partial charge in [-0.2, -0.15) is 13.2 Å². The molecule has 0 atom stereocenters. The van der Waals surface area contributed by atoms with Crippen molar-refractivity contribution < 1.29 is 13.2 Å². The Bertz CT molecular complexity index is 583. The van der Waals surface area contributed by atoms with Gasteiger partial charge in [0.1, 0.15) is 0 Å². The van der Waals surface area contributed by atoms with E-state index in [2.05, 4.69) is 0 Å². The first-order valence-corrected chi connectivity index (χ1v) is 6.60. The van der Waals surface area contributed by atoms with Gasteiger partial charge in [0.15, 0.2) is 0 Å². The summed E-state index contributed by atoms with van der Waals surface area (Å²) in [6, 6.07) is 12.8. The van der Waals surface area contributed by atoms with Gasteiger partial charge in [0.2, 0.25) is 0 Å². The number of hydrogen-bond acceptors (Lipinski definition) is 0. The fourth-order valence-electron chi connectivity index (χ4n) is 2.38. The van der Waals surface area contributed by atoms with E-state index in [1.165, 1.54) is 11.6 Å². The zero-order valence-corrected chi connectivity index (χ0v) is 11.6. The second-order valence-electron chi connectivity index (χ2n) is 5.01. The van der Waals surface area contributed by atoms with E-state index in [0.717, 1.165) is 24.0 Å². The molecule has 3 heteroatoms. The third-order valence-corrected chi connectivity index (χ3v) is 3.73. The Kier molecular flexibility index (Phi) is 4.17. The lowest BCUT2D eigenvalue weighted by atomic mass is 9.94. The summed E-state index contributed by atoms with van der Waals surface area (Å²) in [6.45, 7) is 3.31. The molecule has 0 saturated carbocycles. The Labute approximate surface area is 117 Å². The first-order chi connectivity index (χ1) is 9.39. The van der Waals surface area contributed by atoms with E-state index in [0.29, 0.717) is 5.56 Å². The van der Waals surface area contributed by atoms with Crippen LogP contribution in [0, 0.1) is 13.8 Å². The molecule has 0 radical (unpaired) electrons. The molecular weight excluding hydrogens is 261 g/mol. The lowest BCUT2D eigenvalue weighted by Crippen LogP contribution is -2.10. The van der Waals surface area contributed by atoms with Crippen LogP contribution in [0.25, 0.3) is 0 Å². The van der Waals surface area contributed by atoms with Crippen LogP contribution >= 0.6 is 0 Å². The number of alkyl halides is 3. The second-order valence-corrected chi connectivity index (χ2v) is 5.01. The van der Waals surface area contributed by atoms with Crippen LogP contribution in [0.4, 0.5) is 13.2 Å². The average molecular weight is 278 g/mol. The summed E-state index contributed by atoms with van der Waals surface area (Å²) in [7, 11) is 0. The number of benzene rings is 2. The summed E-state index contributed by atoms with van der Waals surface area (Å²) in [6.07, 6.45) is -2.67. The van der Waals surface area contributed by atoms with Gasteiger partial charge in [-0.25, -0.2) is 0 Å². The first kappa shape index (κ1) is 14.6. The lowest BCUT2D eigenvalue weighted by molar-refractivity contribution is -0.138. The monoisotopic (exact) mass is 278 g/mol. The van der Waals surface area contributed by atoms with Gasteiger partial charge in [0, 0.05) is 0 Å². The summed E-state index contributed by atoms with van der Waals surface area (Å²) in [5, 5.41) is 0. The minimum atomic E-state index is -4.27. The molecule has 0 aromatic heterocycles. The minimum absolute atomic E-state index is 0.336. The molecule has 2 rings (SSSR count). The fraction of sp³-hybridized carbons (Fsp3) is 0.294. The summed E-state index contributed by atoms with van der Waals surface area (Å²) < 4.78 is 38.4. The van der Waals surface area contributed by atoms with Crippen molar-refractivity contribution in [3.63, 3.8) is 0 Å². The predicted octanol–water partition coefficient (Wildman–Crippen LogP) is 5.11. The molecule has 0 heterocycles. The smallest absolute Gasteiger partial charge is 0.166 e. The fourth-order valence-corrected chi connectivity index (χ4v) is 2.38. The third kappa shape index (κ3) is 3.21. The van der Waals surface area contributed by atoms with Crippen molar-refractivity contribution in [1.29, 1.82) is 0 Å². The molecule has 0 nitrogen and oxygen atoms in total. The molecule has 2 aromatic rings. The Hall–Kier alpha value is -1.77. The van der Waals surface area contributed by atoms with Crippen LogP contribution < -0.4 is 0 Å². The highest BCUT2D eigenvalue weighted by Gasteiger charge is 2.32. The standard InChI is InChI=1S/C17H17F3/c1-12-13(2)16(17(18,19)20)11-10-15(12)9-8-14-6-4-3-5-7-14/h3-7,10-11H,8-9H2,1-2H3. The van der Waals surface area contributed by atoms with Crippen molar-refractivity contribution in [1.82, 2.24) is 0 Å². The number of rotatable bonds is 3. The van der Waals surface area contributed by atoms with Gasteiger partial charge in [-0.1, -0.05) is 36.4 Å². The van der Waals surface area contributed by atoms with E-state index in [-0.39, 0.29) is 0 Å². The van der Waals surface area contributed by atoms with Gasteiger partial charge in [0.25, 0.3) is 0 Å². The largest absolute Gasteiger partial charge is 0.416 e. The van der Waals surface area contributed by atoms with E-state index in [9.17, 15) is 13.2 Å². The van der Waals surface area contributed by atoms with Crippen LogP contribution in [0.1, 0.15) is 27.8 Å². The highest BCUT2D eigenvalue weighted by molar-refractivity contribution is 5.41. The van der Waals surface area contributed by atoms with Crippen molar-refractivity contribution in [2.24, 2.45) is 0 Å². The van der Waals surface area contributed by atoms with Crippen LogP contribution in [-0.2, 0) is 19.0 Å². The maximum atomic E-state index is 12.8. The molecule has 0 aliphatic heterocycles.